The molecule has 1 aromatic heterocycles. The lowest BCUT2D eigenvalue weighted by Gasteiger charge is -2.36. The van der Waals surface area contributed by atoms with Gasteiger partial charge in [0.05, 0.1) is 12.6 Å². The van der Waals surface area contributed by atoms with Gasteiger partial charge in [-0.2, -0.15) is 0 Å². The van der Waals surface area contributed by atoms with Gasteiger partial charge >= 0.3 is 0 Å². The van der Waals surface area contributed by atoms with Crippen molar-refractivity contribution in [2.24, 2.45) is 0 Å². The molecule has 0 radical (unpaired) electrons. The molecule has 0 N–H and O–H groups in total. The van der Waals surface area contributed by atoms with Crippen molar-refractivity contribution in [2.75, 3.05) is 40.3 Å². The largest absolute Gasteiger partial charge is 0.361 e. The SMILES string of the molecule is CC(C)c1cc(CN(C)C(=O)C(C)N2CCN(C)CC2)no1. The van der Waals surface area contributed by atoms with Crippen LogP contribution in [0.5, 0.6) is 0 Å². The van der Waals surface area contributed by atoms with Crippen LogP contribution in [0.25, 0.3) is 0 Å². The lowest BCUT2D eigenvalue weighted by atomic mass is 10.1. The minimum absolute atomic E-state index is 0.0878. The molecule has 0 saturated carbocycles. The third kappa shape index (κ3) is 4.08. The van der Waals surface area contributed by atoms with Crippen LogP contribution < -0.4 is 0 Å². The van der Waals surface area contributed by atoms with E-state index in [2.05, 4.69) is 35.9 Å². The Morgan fingerprint density at radius 3 is 2.50 bits per heavy atom. The van der Waals surface area contributed by atoms with Crippen LogP contribution in [0.2, 0.25) is 0 Å². The van der Waals surface area contributed by atoms with Crippen LogP contribution in [0.3, 0.4) is 0 Å². The number of nitrogens with zero attached hydrogens (tertiary/aromatic N) is 4. The molecular formula is C16H28N4O2. The van der Waals surface area contributed by atoms with Crippen LogP contribution >= 0.6 is 0 Å². The van der Waals surface area contributed by atoms with Crippen LogP contribution in [0.15, 0.2) is 10.6 Å². The van der Waals surface area contributed by atoms with E-state index in [-0.39, 0.29) is 11.9 Å². The predicted octanol–water partition coefficient (Wildman–Crippen LogP) is 1.39. The molecule has 1 aromatic rings. The molecule has 1 saturated heterocycles. The topological polar surface area (TPSA) is 52.8 Å². The Bertz CT molecular complexity index is 492. The van der Waals surface area contributed by atoms with E-state index in [4.69, 9.17) is 4.52 Å². The zero-order chi connectivity index (χ0) is 16.3. The van der Waals surface area contributed by atoms with Gasteiger partial charge in [0, 0.05) is 45.2 Å². The van der Waals surface area contributed by atoms with Crippen LogP contribution in [-0.4, -0.2) is 72.1 Å². The number of carbonyl (C=O) groups excluding carboxylic acids is 1. The molecule has 2 rings (SSSR count). The van der Waals surface area contributed by atoms with Crippen molar-refractivity contribution in [3.05, 3.63) is 17.5 Å². The highest BCUT2D eigenvalue weighted by Crippen LogP contribution is 2.16. The highest BCUT2D eigenvalue weighted by Gasteiger charge is 2.27. The average molecular weight is 308 g/mol. The van der Waals surface area contributed by atoms with Gasteiger partial charge in [-0.3, -0.25) is 9.69 Å². The molecule has 1 fully saturated rings. The number of carbonyl (C=O) groups is 1. The number of likely N-dealkylation sites (N-methyl/N-ethyl adjacent to an activating group) is 2. The molecule has 0 aliphatic carbocycles. The first-order chi connectivity index (χ1) is 10.4. The van der Waals surface area contributed by atoms with Crippen molar-refractivity contribution in [1.82, 2.24) is 19.9 Å². The van der Waals surface area contributed by atoms with E-state index >= 15 is 0 Å². The first kappa shape index (κ1) is 17.0. The number of hydrogen-bond donors (Lipinski definition) is 0. The Balaban J connectivity index is 1.90. The van der Waals surface area contributed by atoms with Gasteiger partial charge in [0.15, 0.2) is 0 Å². The third-order valence-corrected chi connectivity index (χ3v) is 4.36. The fraction of sp³-hybridized carbons (Fsp3) is 0.750. The summed E-state index contributed by atoms with van der Waals surface area (Å²) in [5, 5.41) is 4.05. The maximum atomic E-state index is 12.6. The van der Waals surface area contributed by atoms with Gasteiger partial charge < -0.3 is 14.3 Å². The van der Waals surface area contributed by atoms with E-state index in [0.29, 0.717) is 12.5 Å². The summed E-state index contributed by atoms with van der Waals surface area (Å²) >= 11 is 0. The summed E-state index contributed by atoms with van der Waals surface area (Å²) in [6.45, 7) is 10.5. The van der Waals surface area contributed by atoms with Crippen LogP contribution in [0.4, 0.5) is 0 Å². The molecule has 124 valence electrons. The predicted molar refractivity (Wildman–Crippen MR) is 85.6 cm³/mol. The molecule has 1 atom stereocenters. The summed E-state index contributed by atoms with van der Waals surface area (Å²) in [7, 11) is 3.95. The first-order valence-electron chi connectivity index (χ1n) is 8.01. The van der Waals surface area contributed by atoms with E-state index in [9.17, 15) is 4.79 Å². The molecule has 6 heteroatoms. The van der Waals surface area contributed by atoms with E-state index in [1.165, 1.54) is 0 Å². The molecule has 1 amide bonds. The molecule has 0 spiro atoms. The smallest absolute Gasteiger partial charge is 0.239 e. The van der Waals surface area contributed by atoms with E-state index in [1.807, 2.05) is 20.0 Å². The van der Waals surface area contributed by atoms with Gasteiger partial charge in [0.1, 0.15) is 11.5 Å². The monoisotopic (exact) mass is 308 g/mol. The molecular weight excluding hydrogens is 280 g/mol. The maximum Gasteiger partial charge on any atom is 0.239 e. The standard InChI is InChI=1S/C16H28N4O2/c1-12(2)15-10-14(17-22-15)11-19(5)16(21)13(3)20-8-6-18(4)7-9-20/h10,12-13H,6-9,11H2,1-5H3. The second-order valence-corrected chi connectivity index (χ2v) is 6.58. The van der Waals surface area contributed by atoms with Gasteiger partial charge in [-0.15, -0.1) is 0 Å². The maximum absolute atomic E-state index is 12.6. The van der Waals surface area contributed by atoms with Crippen molar-refractivity contribution < 1.29 is 9.32 Å². The number of rotatable bonds is 5. The lowest BCUT2D eigenvalue weighted by Crippen LogP contribution is -2.53. The summed E-state index contributed by atoms with van der Waals surface area (Å²) in [5.41, 5.74) is 0.810. The van der Waals surface area contributed by atoms with Crippen molar-refractivity contribution >= 4 is 5.91 Å². The van der Waals surface area contributed by atoms with Crippen LogP contribution in [-0.2, 0) is 11.3 Å². The summed E-state index contributed by atoms with van der Waals surface area (Å²) in [5.74, 6) is 1.31. The minimum Gasteiger partial charge on any atom is -0.361 e. The number of aromatic nitrogens is 1. The Morgan fingerprint density at radius 1 is 1.32 bits per heavy atom. The van der Waals surface area contributed by atoms with Gasteiger partial charge in [0.25, 0.3) is 0 Å². The second-order valence-electron chi connectivity index (χ2n) is 6.58. The van der Waals surface area contributed by atoms with Crippen molar-refractivity contribution in [2.45, 2.75) is 39.3 Å². The fourth-order valence-corrected chi connectivity index (χ4v) is 2.68. The van der Waals surface area contributed by atoms with Crippen molar-refractivity contribution in [3.63, 3.8) is 0 Å². The normalized spacial score (nSPS) is 18.6. The highest BCUT2D eigenvalue weighted by molar-refractivity contribution is 5.81. The summed E-state index contributed by atoms with van der Waals surface area (Å²) in [4.78, 5) is 18.9. The zero-order valence-corrected chi connectivity index (χ0v) is 14.4. The fourth-order valence-electron chi connectivity index (χ4n) is 2.68. The summed E-state index contributed by atoms with van der Waals surface area (Å²) < 4.78 is 5.29. The first-order valence-corrected chi connectivity index (χ1v) is 8.01. The third-order valence-electron chi connectivity index (χ3n) is 4.36. The summed E-state index contributed by atoms with van der Waals surface area (Å²) in [6, 6.07) is 1.85. The molecule has 0 bridgehead atoms. The average Bonchev–Trinajstić information content (AvgIpc) is 2.95. The quantitative estimate of drug-likeness (QED) is 0.823. The van der Waals surface area contributed by atoms with Crippen LogP contribution in [0, 0.1) is 0 Å². The molecule has 1 unspecified atom stereocenters. The lowest BCUT2D eigenvalue weighted by molar-refractivity contribution is -0.136. The minimum atomic E-state index is -0.0878. The molecule has 6 nitrogen and oxygen atoms in total. The molecule has 1 aliphatic rings. The second kappa shape index (κ2) is 7.24. The number of piperazine rings is 1. The van der Waals surface area contributed by atoms with E-state index in [1.54, 1.807) is 4.90 Å². The van der Waals surface area contributed by atoms with E-state index < -0.39 is 0 Å². The van der Waals surface area contributed by atoms with Crippen molar-refractivity contribution in [1.29, 1.82) is 0 Å². The number of amides is 1. The van der Waals surface area contributed by atoms with E-state index in [0.717, 1.165) is 37.6 Å². The molecule has 22 heavy (non-hydrogen) atoms. The van der Waals surface area contributed by atoms with Crippen LogP contribution in [0.1, 0.15) is 38.1 Å². The van der Waals surface area contributed by atoms with Crippen molar-refractivity contribution in [3.8, 4) is 0 Å². The molecule has 2 heterocycles. The van der Waals surface area contributed by atoms with Gasteiger partial charge in [-0.1, -0.05) is 19.0 Å². The molecule has 0 aromatic carbocycles. The number of hydrogen-bond acceptors (Lipinski definition) is 5. The summed E-state index contributed by atoms with van der Waals surface area (Å²) in [6.07, 6.45) is 0. The Hall–Kier alpha value is -1.40. The highest BCUT2D eigenvalue weighted by atomic mass is 16.5. The Kier molecular flexibility index (Phi) is 5.58. The zero-order valence-electron chi connectivity index (χ0n) is 14.4. The van der Waals surface area contributed by atoms with Gasteiger partial charge in [-0.05, 0) is 14.0 Å². The molecule has 1 aliphatic heterocycles. The van der Waals surface area contributed by atoms with Gasteiger partial charge in [0.2, 0.25) is 5.91 Å². The Morgan fingerprint density at radius 2 is 1.95 bits per heavy atom. The Labute approximate surface area is 133 Å². The van der Waals surface area contributed by atoms with Gasteiger partial charge in [-0.25, -0.2) is 0 Å².